The summed E-state index contributed by atoms with van der Waals surface area (Å²) in [5.74, 6) is 1.74. The molecule has 0 saturated heterocycles. The van der Waals surface area contributed by atoms with Crippen molar-refractivity contribution in [1.82, 2.24) is 10.6 Å². The largest absolute Gasteiger partial charge is 0.494 e. The number of aliphatic imine (C=N–C) groups is 1. The number of methoxy groups -OCH3 is 1. The van der Waals surface area contributed by atoms with Gasteiger partial charge in [-0.25, -0.2) is 0 Å². The van der Waals surface area contributed by atoms with Crippen LogP contribution in [0, 0.1) is 0 Å². The topological polar surface area (TPSA) is 64.1 Å². The lowest BCUT2D eigenvalue weighted by Crippen LogP contribution is -2.38. The summed E-state index contributed by atoms with van der Waals surface area (Å²) in [7, 11) is 3.47. The predicted molar refractivity (Wildman–Crippen MR) is 131 cm³/mol. The zero-order valence-corrected chi connectivity index (χ0v) is 19.8. The number of nitrogens with one attached hydrogen (secondary N) is 2. The van der Waals surface area contributed by atoms with Crippen LogP contribution in [0.25, 0.3) is 10.8 Å². The number of hydrogen-bond acceptors (Lipinski definition) is 4. The van der Waals surface area contributed by atoms with E-state index in [9.17, 15) is 0 Å². The highest BCUT2D eigenvalue weighted by molar-refractivity contribution is 14.0. The molecule has 0 fully saturated rings. The summed E-state index contributed by atoms with van der Waals surface area (Å²) >= 11 is 0. The van der Waals surface area contributed by atoms with Crippen molar-refractivity contribution in [2.75, 3.05) is 53.7 Å². The van der Waals surface area contributed by atoms with Gasteiger partial charge in [-0.2, -0.15) is 0 Å². The van der Waals surface area contributed by atoms with E-state index in [0.29, 0.717) is 19.8 Å². The Bertz CT molecular complexity index is 713. The van der Waals surface area contributed by atoms with Gasteiger partial charge in [0.25, 0.3) is 0 Å². The van der Waals surface area contributed by atoms with Crippen molar-refractivity contribution in [3.05, 3.63) is 42.5 Å². The Hall–Kier alpha value is -1.58. The van der Waals surface area contributed by atoms with Gasteiger partial charge in [-0.05, 0) is 42.2 Å². The molecule has 0 saturated carbocycles. The average molecular weight is 515 g/mol. The highest BCUT2D eigenvalue weighted by atomic mass is 127. The Morgan fingerprint density at radius 2 is 1.62 bits per heavy atom. The van der Waals surface area contributed by atoms with E-state index in [0.717, 1.165) is 50.7 Å². The molecule has 162 valence electrons. The molecular formula is C22H34IN3O3. The Morgan fingerprint density at radius 3 is 2.38 bits per heavy atom. The van der Waals surface area contributed by atoms with Gasteiger partial charge in [0, 0.05) is 33.9 Å². The van der Waals surface area contributed by atoms with Crippen molar-refractivity contribution in [3.8, 4) is 5.75 Å². The van der Waals surface area contributed by atoms with Crippen molar-refractivity contribution in [1.29, 1.82) is 0 Å². The van der Waals surface area contributed by atoms with Crippen LogP contribution in [-0.4, -0.2) is 59.6 Å². The van der Waals surface area contributed by atoms with Gasteiger partial charge >= 0.3 is 0 Å². The first-order chi connectivity index (χ1) is 13.8. The first-order valence-electron chi connectivity index (χ1n) is 9.96. The minimum atomic E-state index is 0. The van der Waals surface area contributed by atoms with Crippen LogP contribution in [0.1, 0.15) is 19.3 Å². The zero-order chi connectivity index (χ0) is 19.9. The molecule has 2 N–H and O–H groups in total. The number of hydrogen-bond donors (Lipinski definition) is 2. The monoisotopic (exact) mass is 515 g/mol. The molecule has 0 heterocycles. The molecule has 0 aliphatic carbocycles. The van der Waals surface area contributed by atoms with Crippen LogP contribution in [0.3, 0.4) is 0 Å². The summed E-state index contributed by atoms with van der Waals surface area (Å²) in [5, 5.41) is 9.06. The molecule has 0 aromatic heterocycles. The standard InChI is InChI=1S/C22H33N3O3.HI/c1-23-22(24-12-5-6-14-27-17-16-26-2)25-13-7-15-28-21-11-10-19-8-3-4-9-20(19)18-21;/h3-4,8-11,18H,5-7,12-17H2,1-2H3,(H2,23,24,25);1H. The van der Waals surface area contributed by atoms with Crippen molar-refractivity contribution in [2.45, 2.75) is 19.3 Å². The zero-order valence-electron chi connectivity index (χ0n) is 17.5. The number of guanidine groups is 1. The maximum atomic E-state index is 5.86. The quantitative estimate of drug-likeness (QED) is 0.184. The van der Waals surface area contributed by atoms with E-state index in [1.165, 1.54) is 10.8 Å². The molecule has 2 aromatic carbocycles. The highest BCUT2D eigenvalue weighted by Crippen LogP contribution is 2.20. The maximum Gasteiger partial charge on any atom is 0.190 e. The SMILES string of the molecule is CN=C(NCCCCOCCOC)NCCCOc1ccc2ccccc2c1.I. The number of ether oxygens (including phenoxy) is 3. The van der Waals surface area contributed by atoms with Crippen LogP contribution >= 0.6 is 24.0 Å². The molecule has 7 heteroatoms. The van der Waals surface area contributed by atoms with Gasteiger partial charge in [0.1, 0.15) is 5.75 Å². The fourth-order valence-corrected chi connectivity index (χ4v) is 2.73. The van der Waals surface area contributed by atoms with Gasteiger partial charge in [0.2, 0.25) is 0 Å². The fraction of sp³-hybridized carbons (Fsp3) is 0.500. The minimum absolute atomic E-state index is 0. The summed E-state index contributed by atoms with van der Waals surface area (Å²) in [5.41, 5.74) is 0. The number of fused-ring (bicyclic) bond motifs is 1. The van der Waals surface area contributed by atoms with Crippen LogP contribution in [0.2, 0.25) is 0 Å². The molecule has 0 amide bonds. The molecule has 0 aliphatic rings. The second-order valence-corrected chi connectivity index (χ2v) is 6.45. The summed E-state index contributed by atoms with van der Waals surface area (Å²) < 4.78 is 16.2. The van der Waals surface area contributed by atoms with Crippen LogP contribution in [0.4, 0.5) is 0 Å². The lowest BCUT2D eigenvalue weighted by atomic mass is 10.1. The second-order valence-electron chi connectivity index (χ2n) is 6.45. The number of unbranched alkanes of at least 4 members (excludes halogenated alkanes) is 1. The van der Waals surface area contributed by atoms with Crippen molar-refractivity contribution in [2.24, 2.45) is 4.99 Å². The normalized spacial score (nSPS) is 11.2. The predicted octanol–water partition coefficient (Wildman–Crippen LogP) is 3.83. The maximum absolute atomic E-state index is 5.86. The lowest BCUT2D eigenvalue weighted by Gasteiger charge is -2.12. The van der Waals surface area contributed by atoms with Crippen LogP contribution in [0.15, 0.2) is 47.5 Å². The van der Waals surface area contributed by atoms with Crippen LogP contribution < -0.4 is 15.4 Å². The van der Waals surface area contributed by atoms with Crippen LogP contribution in [-0.2, 0) is 9.47 Å². The van der Waals surface area contributed by atoms with Gasteiger partial charge < -0.3 is 24.8 Å². The highest BCUT2D eigenvalue weighted by Gasteiger charge is 1.99. The smallest absolute Gasteiger partial charge is 0.190 e. The molecule has 0 bridgehead atoms. The van der Waals surface area contributed by atoms with E-state index in [-0.39, 0.29) is 24.0 Å². The molecule has 0 aliphatic heterocycles. The third-order valence-electron chi connectivity index (χ3n) is 4.27. The van der Waals surface area contributed by atoms with Gasteiger partial charge in [0.05, 0.1) is 19.8 Å². The van der Waals surface area contributed by atoms with Gasteiger partial charge in [-0.1, -0.05) is 30.3 Å². The average Bonchev–Trinajstić information content (AvgIpc) is 2.73. The van der Waals surface area contributed by atoms with Gasteiger partial charge in [-0.15, -0.1) is 24.0 Å². The Kier molecular flexibility index (Phi) is 14.3. The summed E-state index contributed by atoms with van der Waals surface area (Å²) in [6, 6.07) is 14.5. The van der Waals surface area contributed by atoms with E-state index >= 15 is 0 Å². The van der Waals surface area contributed by atoms with Gasteiger partial charge in [0.15, 0.2) is 5.96 Å². The molecule has 0 radical (unpaired) electrons. The number of nitrogens with zero attached hydrogens (tertiary/aromatic N) is 1. The molecule has 6 nitrogen and oxygen atoms in total. The third kappa shape index (κ3) is 10.7. The Labute approximate surface area is 191 Å². The summed E-state index contributed by atoms with van der Waals surface area (Å²) in [6.07, 6.45) is 2.97. The molecule has 0 unspecified atom stereocenters. The van der Waals surface area contributed by atoms with E-state index < -0.39 is 0 Å². The number of rotatable bonds is 13. The third-order valence-corrected chi connectivity index (χ3v) is 4.27. The molecule has 29 heavy (non-hydrogen) atoms. The summed E-state index contributed by atoms with van der Waals surface area (Å²) in [4.78, 5) is 4.24. The molecule has 2 rings (SSSR count). The van der Waals surface area contributed by atoms with Crippen molar-refractivity contribution < 1.29 is 14.2 Å². The minimum Gasteiger partial charge on any atom is -0.494 e. The molecule has 0 atom stereocenters. The fourth-order valence-electron chi connectivity index (χ4n) is 2.73. The summed E-state index contributed by atoms with van der Waals surface area (Å²) in [6.45, 7) is 4.44. The van der Waals surface area contributed by atoms with E-state index in [1.54, 1.807) is 14.2 Å². The number of halogens is 1. The molecule has 0 spiro atoms. The molecule has 2 aromatic rings. The number of benzene rings is 2. The van der Waals surface area contributed by atoms with Crippen LogP contribution in [0.5, 0.6) is 5.75 Å². The second kappa shape index (κ2) is 16.2. The molecular weight excluding hydrogens is 481 g/mol. The first-order valence-corrected chi connectivity index (χ1v) is 9.96. The van der Waals surface area contributed by atoms with E-state index in [2.05, 4.69) is 39.9 Å². The lowest BCUT2D eigenvalue weighted by molar-refractivity contribution is 0.0689. The Balaban J connectivity index is 0.00000420. The van der Waals surface area contributed by atoms with E-state index in [1.807, 2.05) is 18.2 Å². The first kappa shape index (κ1) is 25.5. The van der Waals surface area contributed by atoms with Crippen molar-refractivity contribution in [3.63, 3.8) is 0 Å². The Morgan fingerprint density at radius 1 is 0.862 bits per heavy atom. The van der Waals surface area contributed by atoms with E-state index in [4.69, 9.17) is 14.2 Å². The van der Waals surface area contributed by atoms with Gasteiger partial charge in [-0.3, -0.25) is 4.99 Å². The van der Waals surface area contributed by atoms with Crippen molar-refractivity contribution >= 4 is 40.7 Å².